The van der Waals surface area contributed by atoms with E-state index in [0.29, 0.717) is 12.4 Å². The molecule has 0 aromatic carbocycles. The van der Waals surface area contributed by atoms with Crippen molar-refractivity contribution in [3.05, 3.63) is 11.1 Å². The van der Waals surface area contributed by atoms with E-state index in [-0.39, 0.29) is 17.5 Å². The first-order valence-electron chi connectivity index (χ1n) is 8.43. The van der Waals surface area contributed by atoms with Gasteiger partial charge >= 0.3 is 0 Å². The summed E-state index contributed by atoms with van der Waals surface area (Å²) in [6.45, 7) is 2.96. The van der Waals surface area contributed by atoms with Crippen molar-refractivity contribution in [1.82, 2.24) is 15.6 Å². The van der Waals surface area contributed by atoms with Crippen LogP contribution in [-0.2, 0) is 16.3 Å². The van der Waals surface area contributed by atoms with E-state index in [4.69, 9.17) is 4.98 Å². The fraction of sp³-hybridized carbons (Fsp3) is 0.733. The second kappa shape index (κ2) is 7.69. The van der Waals surface area contributed by atoms with Gasteiger partial charge < -0.3 is 15.5 Å². The lowest BCUT2D eigenvalue weighted by atomic mass is 10.3. The van der Waals surface area contributed by atoms with Gasteiger partial charge in [0.2, 0.25) is 0 Å². The lowest BCUT2D eigenvalue weighted by molar-refractivity contribution is 0.599. The Labute approximate surface area is 147 Å². The summed E-state index contributed by atoms with van der Waals surface area (Å²) in [6, 6.07) is -0.0396. The lowest BCUT2D eigenvalue weighted by Crippen LogP contribution is -2.44. The molecule has 9 heteroatoms. The Morgan fingerprint density at radius 2 is 2.25 bits per heavy atom. The van der Waals surface area contributed by atoms with Crippen molar-refractivity contribution in [3.8, 4) is 0 Å². The molecule has 0 amide bonds. The summed E-state index contributed by atoms with van der Waals surface area (Å²) < 4.78 is 23.0. The molecule has 2 saturated heterocycles. The predicted molar refractivity (Wildman–Crippen MR) is 98.8 cm³/mol. The number of aromatic nitrogens is 1. The molecule has 0 bridgehead atoms. The van der Waals surface area contributed by atoms with E-state index in [1.807, 2.05) is 0 Å². The third-order valence-corrected chi connectivity index (χ3v) is 7.10. The third-order valence-electron chi connectivity index (χ3n) is 4.39. The summed E-state index contributed by atoms with van der Waals surface area (Å²) in [5, 5.41) is 9.68. The Hall–Kier alpha value is -1.35. The van der Waals surface area contributed by atoms with Gasteiger partial charge in [-0.2, -0.15) is 0 Å². The standard InChI is InChI=1S/C15H25N5O2S2/c1-16-14(18-13-5-9-24(21,22)11-13)17-6-4-12-10-23-15(19-12)20-7-2-3-8-20/h10,13H,2-9,11H2,1H3,(H2,16,17,18). The van der Waals surface area contributed by atoms with Gasteiger partial charge in [0, 0.05) is 44.5 Å². The van der Waals surface area contributed by atoms with Gasteiger partial charge in [0.25, 0.3) is 0 Å². The Balaban J connectivity index is 1.43. The molecule has 2 aliphatic rings. The molecule has 1 aromatic heterocycles. The summed E-state index contributed by atoms with van der Waals surface area (Å²) in [5.74, 6) is 1.12. The van der Waals surface area contributed by atoms with E-state index in [2.05, 4.69) is 25.9 Å². The van der Waals surface area contributed by atoms with Gasteiger partial charge in [-0.3, -0.25) is 4.99 Å². The first kappa shape index (κ1) is 17.5. The number of aliphatic imine (C=N–C) groups is 1. The zero-order valence-electron chi connectivity index (χ0n) is 14.0. The smallest absolute Gasteiger partial charge is 0.191 e. The average Bonchev–Trinajstić information content (AvgIpc) is 3.26. The summed E-state index contributed by atoms with van der Waals surface area (Å²) >= 11 is 1.71. The molecule has 3 rings (SSSR count). The van der Waals surface area contributed by atoms with E-state index in [1.54, 1.807) is 18.4 Å². The van der Waals surface area contributed by atoms with Gasteiger partial charge in [-0.1, -0.05) is 0 Å². The molecule has 2 aliphatic heterocycles. The summed E-state index contributed by atoms with van der Waals surface area (Å²) in [5.41, 5.74) is 1.09. The fourth-order valence-corrected chi connectivity index (χ4v) is 5.66. The minimum atomic E-state index is -2.88. The van der Waals surface area contributed by atoms with Gasteiger partial charge in [-0.15, -0.1) is 11.3 Å². The van der Waals surface area contributed by atoms with Gasteiger partial charge in [-0.05, 0) is 19.3 Å². The number of sulfone groups is 1. The maximum atomic E-state index is 11.5. The quantitative estimate of drug-likeness (QED) is 0.583. The molecule has 1 atom stereocenters. The molecule has 1 unspecified atom stereocenters. The molecule has 0 saturated carbocycles. The number of rotatable bonds is 5. The van der Waals surface area contributed by atoms with Crippen LogP contribution in [0.4, 0.5) is 5.13 Å². The Morgan fingerprint density at radius 1 is 1.46 bits per heavy atom. The summed E-state index contributed by atoms with van der Waals surface area (Å²) in [6.07, 6.45) is 3.99. The molecule has 1 aromatic rings. The summed E-state index contributed by atoms with van der Waals surface area (Å²) in [7, 11) is -1.18. The predicted octanol–water partition coefficient (Wildman–Crippen LogP) is 0.638. The molecule has 2 N–H and O–H groups in total. The van der Waals surface area contributed by atoms with Gasteiger partial charge in [0.15, 0.2) is 20.9 Å². The lowest BCUT2D eigenvalue weighted by Gasteiger charge is -2.15. The van der Waals surface area contributed by atoms with E-state index in [0.717, 1.165) is 36.9 Å². The van der Waals surface area contributed by atoms with Crippen molar-refractivity contribution in [1.29, 1.82) is 0 Å². The zero-order valence-corrected chi connectivity index (χ0v) is 15.6. The number of nitrogens with zero attached hydrogens (tertiary/aromatic N) is 3. The minimum absolute atomic E-state index is 0.0396. The van der Waals surface area contributed by atoms with Crippen molar-refractivity contribution in [3.63, 3.8) is 0 Å². The highest BCUT2D eigenvalue weighted by atomic mass is 32.2. The highest BCUT2D eigenvalue weighted by Crippen LogP contribution is 2.24. The number of anilines is 1. The van der Waals surface area contributed by atoms with E-state index in [9.17, 15) is 8.42 Å². The van der Waals surface area contributed by atoms with Crippen LogP contribution in [0.5, 0.6) is 0 Å². The molecule has 0 radical (unpaired) electrons. The van der Waals surface area contributed by atoms with Crippen LogP contribution in [0.25, 0.3) is 0 Å². The SMILES string of the molecule is CN=C(NCCc1csc(N2CCCC2)n1)NC1CCS(=O)(=O)C1. The number of hydrogen-bond donors (Lipinski definition) is 2. The maximum absolute atomic E-state index is 11.5. The Bertz CT molecular complexity index is 680. The average molecular weight is 372 g/mol. The monoisotopic (exact) mass is 371 g/mol. The topological polar surface area (TPSA) is 86.7 Å². The van der Waals surface area contributed by atoms with Crippen LogP contribution >= 0.6 is 11.3 Å². The van der Waals surface area contributed by atoms with Gasteiger partial charge in [0.1, 0.15) is 0 Å². The number of thiazole rings is 1. The number of nitrogens with one attached hydrogen (secondary N) is 2. The molecule has 3 heterocycles. The summed E-state index contributed by atoms with van der Waals surface area (Å²) in [4.78, 5) is 11.2. The second-order valence-electron chi connectivity index (χ2n) is 6.31. The van der Waals surface area contributed by atoms with E-state index >= 15 is 0 Å². The van der Waals surface area contributed by atoms with Crippen LogP contribution in [0.2, 0.25) is 0 Å². The Kier molecular flexibility index (Phi) is 5.60. The van der Waals surface area contributed by atoms with Crippen molar-refractivity contribution in [2.24, 2.45) is 4.99 Å². The highest BCUT2D eigenvalue weighted by molar-refractivity contribution is 7.91. The van der Waals surface area contributed by atoms with E-state index in [1.165, 1.54) is 12.8 Å². The molecule has 134 valence electrons. The van der Waals surface area contributed by atoms with Crippen LogP contribution in [0.15, 0.2) is 10.4 Å². The molecular formula is C15H25N5O2S2. The largest absolute Gasteiger partial charge is 0.356 e. The van der Waals surface area contributed by atoms with Crippen molar-refractivity contribution in [2.75, 3.05) is 43.1 Å². The van der Waals surface area contributed by atoms with Gasteiger partial charge in [0.05, 0.1) is 17.2 Å². The molecule has 0 aliphatic carbocycles. The fourth-order valence-electron chi connectivity index (χ4n) is 3.07. The molecule has 24 heavy (non-hydrogen) atoms. The minimum Gasteiger partial charge on any atom is -0.356 e. The molecule has 2 fully saturated rings. The Morgan fingerprint density at radius 3 is 2.92 bits per heavy atom. The van der Waals surface area contributed by atoms with Crippen LogP contribution in [-0.4, -0.2) is 63.6 Å². The van der Waals surface area contributed by atoms with Crippen molar-refractivity contribution < 1.29 is 8.42 Å². The first-order valence-corrected chi connectivity index (χ1v) is 11.1. The highest BCUT2D eigenvalue weighted by Gasteiger charge is 2.28. The third kappa shape index (κ3) is 4.60. The maximum Gasteiger partial charge on any atom is 0.191 e. The first-order chi connectivity index (χ1) is 11.6. The van der Waals surface area contributed by atoms with Gasteiger partial charge in [-0.25, -0.2) is 13.4 Å². The van der Waals surface area contributed by atoms with E-state index < -0.39 is 9.84 Å². The van der Waals surface area contributed by atoms with Crippen molar-refractivity contribution in [2.45, 2.75) is 31.7 Å². The second-order valence-corrected chi connectivity index (χ2v) is 9.37. The zero-order chi connectivity index (χ0) is 17.0. The molecule has 7 nitrogen and oxygen atoms in total. The van der Waals surface area contributed by atoms with Crippen molar-refractivity contribution >= 4 is 32.3 Å². The van der Waals surface area contributed by atoms with Crippen LogP contribution in [0, 0.1) is 0 Å². The van der Waals surface area contributed by atoms with Crippen LogP contribution in [0.1, 0.15) is 25.0 Å². The number of guanidine groups is 1. The molecular weight excluding hydrogens is 346 g/mol. The van der Waals surface area contributed by atoms with Crippen LogP contribution in [0.3, 0.4) is 0 Å². The number of hydrogen-bond acceptors (Lipinski definition) is 6. The molecule has 0 spiro atoms. The normalized spacial score (nSPS) is 23.6. The van der Waals surface area contributed by atoms with Crippen LogP contribution < -0.4 is 15.5 Å².